The Labute approximate surface area is 160 Å². The maximum absolute atomic E-state index is 13.8. The van der Waals surface area contributed by atoms with Gasteiger partial charge in [-0.25, -0.2) is 9.18 Å². The van der Waals surface area contributed by atoms with Gasteiger partial charge in [-0.15, -0.1) is 0 Å². The number of hydrogen-bond donors (Lipinski definition) is 1. The number of halogens is 1. The van der Waals surface area contributed by atoms with Gasteiger partial charge in [-0.05, 0) is 61.5 Å². The Kier molecular flexibility index (Phi) is 7.61. The van der Waals surface area contributed by atoms with Crippen LogP contribution in [-0.2, 0) is 11.3 Å². The smallest absolute Gasteiger partial charge is 0.411 e. The van der Waals surface area contributed by atoms with Crippen molar-refractivity contribution in [2.75, 3.05) is 32.1 Å². The van der Waals surface area contributed by atoms with Crippen molar-refractivity contribution in [2.45, 2.75) is 27.3 Å². The average Bonchev–Trinajstić information content (AvgIpc) is 2.67. The number of hydrogen-bond acceptors (Lipinski definition) is 4. The fourth-order valence-electron chi connectivity index (χ4n) is 2.89. The zero-order valence-corrected chi connectivity index (χ0v) is 16.3. The van der Waals surface area contributed by atoms with E-state index in [2.05, 4.69) is 24.1 Å². The van der Waals surface area contributed by atoms with Gasteiger partial charge in [-0.2, -0.15) is 0 Å². The maximum Gasteiger partial charge on any atom is 0.411 e. The average molecular weight is 374 g/mol. The first kappa shape index (κ1) is 20.7. The third-order valence-electron chi connectivity index (χ3n) is 4.38. The van der Waals surface area contributed by atoms with E-state index in [0.717, 1.165) is 24.2 Å². The fourth-order valence-corrected chi connectivity index (χ4v) is 2.89. The first-order valence-corrected chi connectivity index (χ1v) is 9.15. The molecule has 1 N–H and O–H groups in total. The molecule has 0 saturated carbocycles. The van der Waals surface area contributed by atoms with Gasteiger partial charge in [0.2, 0.25) is 0 Å². The van der Waals surface area contributed by atoms with Crippen molar-refractivity contribution in [1.82, 2.24) is 4.90 Å². The molecule has 2 rings (SSSR count). The zero-order chi connectivity index (χ0) is 19.8. The lowest BCUT2D eigenvalue weighted by atomic mass is 10.00. The minimum absolute atomic E-state index is 0.301. The van der Waals surface area contributed by atoms with Crippen LogP contribution >= 0.6 is 0 Å². The summed E-state index contributed by atoms with van der Waals surface area (Å²) < 4.78 is 24.2. The van der Waals surface area contributed by atoms with Gasteiger partial charge in [0.15, 0.2) is 0 Å². The summed E-state index contributed by atoms with van der Waals surface area (Å²) in [5.74, 6) is 0.265. The summed E-state index contributed by atoms with van der Waals surface area (Å²) in [7, 11) is 1.56. The molecule has 0 aromatic heterocycles. The van der Waals surface area contributed by atoms with E-state index in [1.54, 1.807) is 20.1 Å². The summed E-state index contributed by atoms with van der Waals surface area (Å²) in [5, 5.41) is 2.79. The zero-order valence-electron chi connectivity index (χ0n) is 16.3. The highest BCUT2D eigenvalue weighted by atomic mass is 19.1. The molecule has 5 nitrogen and oxygen atoms in total. The molecule has 0 bridgehead atoms. The van der Waals surface area contributed by atoms with Gasteiger partial charge in [-0.3, -0.25) is 10.2 Å². The van der Waals surface area contributed by atoms with E-state index >= 15 is 0 Å². The van der Waals surface area contributed by atoms with Crippen LogP contribution in [0.25, 0.3) is 11.1 Å². The molecule has 0 aliphatic heterocycles. The van der Waals surface area contributed by atoms with Gasteiger partial charge in [0, 0.05) is 17.8 Å². The second-order valence-corrected chi connectivity index (χ2v) is 6.02. The Morgan fingerprint density at radius 1 is 1.11 bits per heavy atom. The molecule has 6 heteroatoms. The molecule has 0 spiro atoms. The normalized spacial score (nSPS) is 10.7. The predicted octanol–water partition coefficient (Wildman–Crippen LogP) is 4.91. The number of carbonyl (C=O) groups is 1. The Hall–Kier alpha value is -2.60. The Morgan fingerprint density at radius 3 is 2.48 bits per heavy atom. The topological polar surface area (TPSA) is 50.8 Å². The summed E-state index contributed by atoms with van der Waals surface area (Å²) in [6.07, 6.45) is -0.491. The minimum atomic E-state index is -0.491. The number of ether oxygens (including phenoxy) is 2. The highest BCUT2D eigenvalue weighted by Crippen LogP contribution is 2.33. The van der Waals surface area contributed by atoms with Crippen LogP contribution in [0, 0.1) is 5.82 Å². The third-order valence-corrected chi connectivity index (χ3v) is 4.38. The largest absolute Gasteiger partial charge is 0.496 e. The van der Waals surface area contributed by atoms with Crippen molar-refractivity contribution in [3.05, 3.63) is 47.8 Å². The second kappa shape index (κ2) is 9.92. The number of rotatable bonds is 8. The summed E-state index contributed by atoms with van der Waals surface area (Å²) >= 11 is 0. The molecule has 2 aromatic rings. The van der Waals surface area contributed by atoms with Gasteiger partial charge in [-0.1, -0.05) is 19.9 Å². The molecular weight excluding hydrogens is 347 g/mol. The number of nitrogens with one attached hydrogen (secondary N) is 1. The number of amides is 1. The quantitative estimate of drug-likeness (QED) is 0.713. The number of nitrogens with zero attached hydrogens (tertiary/aromatic N) is 1. The fraction of sp³-hybridized carbons (Fsp3) is 0.381. The van der Waals surface area contributed by atoms with E-state index in [9.17, 15) is 9.18 Å². The van der Waals surface area contributed by atoms with Crippen molar-refractivity contribution in [3.8, 4) is 16.9 Å². The van der Waals surface area contributed by atoms with E-state index in [-0.39, 0.29) is 5.82 Å². The van der Waals surface area contributed by atoms with Crippen molar-refractivity contribution in [3.63, 3.8) is 0 Å². The van der Waals surface area contributed by atoms with E-state index in [1.165, 1.54) is 12.1 Å². The van der Waals surface area contributed by atoms with Gasteiger partial charge in [0.25, 0.3) is 0 Å². The second-order valence-electron chi connectivity index (χ2n) is 6.02. The molecule has 1 amide bonds. The van der Waals surface area contributed by atoms with Crippen molar-refractivity contribution in [1.29, 1.82) is 0 Å². The summed E-state index contributed by atoms with van der Waals surface area (Å²) in [4.78, 5) is 14.1. The number of anilines is 1. The number of benzene rings is 2. The van der Waals surface area contributed by atoms with Crippen LogP contribution in [0.15, 0.2) is 36.4 Å². The lowest BCUT2D eigenvalue weighted by Crippen LogP contribution is -2.23. The highest BCUT2D eigenvalue weighted by Gasteiger charge is 2.14. The van der Waals surface area contributed by atoms with Crippen LogP contribution in [0.5, 0.6) is 5.75 Å². The summed E-state index contributed by atoms with van der Waals surface area (Å²) in [6.45, 7) is 8.64. The van der Waals surface area contributed by atoms with Gasteiger partial charge in [0.05, 0.1) is 13.7 Å². The Balaban J connectivity index is 2.46. The maximum atomic E-state index is 13.8. The van der Waals surface area contributed by atoms with Crippen LogP contribution < -0.4 is 10.1 Å². The molecule has 0 aliphatic rings. The molecular formula is C21H27FN2O3. The minimum Gasteiger partial charge on any atom is -0.496 e. The van der Waals surface area contributed by atoms with Gasteiger partial charge >= 0.3 is 6.09 Å². The number of methoxy groups -OCH3 is 1. The molecule has 0 aliphatic carbocycles. The molecule has 27 heavy (non-hydrogen) atoms. The van der Waals surface area contributed by atoms with Gasteiger partial charge < -0.3 is 9.47 Å². The van der Waals surface area contributed by atoms with E-state index in [0.29, 0.717) is 30.2 Å². The van der Waals surface area contributed by atoms with Gasteiger partial charge in [0.1, 0.15) is 11.6 Å². The standard InChI is InChI=1S/C21H27FN2O3/c1-5-24(6-2)14-16-12-15(8-10-19(16)23-21(25)27-7-3)18-13-17(22)9-11-20(18)26-4/h8-13H,5-7,14H2,1-4H3,(H,23,25). The van der Waals surface area contributed by atoms with E-state index in [4.69, 9.17) is 9.47 Å². The summed E-state index contributed by atoms with van der Waals surface area (Å²) in [5.41, 5.74) is 3.10. The first-order chi connectivity index (χ1) is 13.0. The molecule has 0 radical (unpaired) electrons. The van der Waals surface area contributed by atoms with Crippen molar-refractivity contribution in [2.24, 2.45) is 0 Å². The molecule has 0 atom stereocenters. The molecule has 0 unspecified atom stereocenters. The monoisotopic (exact) mass is 374 g/mol. The van der Waals surface area contributed by atoms with E-state index in [1.807, 2.05) is 18.2 Å². The predicted molar refractivity (Wildman–Crippen MR) is 106 cm³/mol. The van der Waals surface area contributed by atoms with Crippen LogP contribution in [0.3, 0.4) is 0 Å². The Morgan fingerprint density at radius 2 is 1.85 bits per heavy atom. The highest BCUT2D eigenvalue weighted by molar-refractivity contribution is 5.86. The lowest BCUT2D eigenvalue weighted by molar-refractivity contribution is 0.168. The number of carbonyl (C=O) groups excluding carboxylic acids is 1. The summed E-state index contributed by atoms with van der Waals surface area (Å²) in [6, 6.07) is 10.0. The van der Waals surface area contributed by atoms with Crippen LogP contribution in [0.4, 0.5) is 14.9 Å². The van der Waals surface area contributed by atoms with Crippen LogP contribution in [-0.4, -0.2) is 37.8 Å². The molecule has 0 saturated heterocycles. The first-order valence-electron chi connectivity index (χ1n) is 9.15. The lowest BCUT2D eigenvalue weighted by Gasteiger charge is -2.21. The van der Waals surface area contributed by atoms with Crippen LogP contribution in [0.2, 0.25) is 0 Å². The molecule has 0 heterocycles. The molecule has 0 fully saturated rings. The van der Waals surface area contributed by atoms with E-state index < -0.39 is 6.09 Å². The third kappa shape index (κ3) is 5.44. The van der Waals surface area contributed by atoms with Crippen LogP contribution in [0.1, 0.15) is 26.3 Å². The molecule has 146 valence electrons. The molecule has 2 aromatic carbocycles. The Bertz CT molecular complexity index is 776. The van der Waals surface area contributed by atoms with Crippen molar-refractivity contribution >= 4 is 11.8 Å². The SMILES string of the molecule is CCOC(=O)Nc1ccc(-c2cc(F)ccc2OC)cc1CN(CC)CC. The van der Waals surface area contributed by atoms with Crippen molar-refractivity contribution < 1.29 is 18.7 Å².